The predicted octanol–water partition coefficient (Wildman–Crippen LogP) is 2.89. The standard InChI is InChI=1S/C17H20N2O3S/c1-10(2)15(17(21)22)19-14(20)8-13-9-23-16(18-13)12-6-4-11(3)5-7-12/h4-7,9-10,15H,8H2,1-3H3,(H,19,20)(H,21,22)/t15-/m0/s1. The van der Waals surface area contributed by atoms with Crippen molar-refractivity contribution < 1.29 is 14.7 Å². The molecule has 0 unspecified atom stereocenters. The van der Waals surface area contributed by atoms with Crippen molar-refractivity contribution in [2.75, 3.05) is 0 Å². The van der Waals surface area contributed by atoms with Crippen molar-refractivity contribution in [3.63, 3.8) is 0 Å². The van der Waals surface area contributed by atoms with Gasteiger partial charge >= 0.3 is 5.97 Å². The number of carbonyl (C=O) groups is 2. The van der Waals surface area contributed by atoms with E-state index in [1.807, 2.05) is 36.6 Å². The summed E-state index contributed by atoms with van der Waals surface area (Å²) >= 11 is 1.47. The molecule has 2 N–H and O–H groups in total. The third-order valence-electron chi connectivity index (χ3n) is 3.44. The summed E-state index contributed by atoms with van der Waals surface area (Å²) in [6, 6.07) is 7.15. The zero-order valence-electron chi connectivity index (χ0n) is 13.4. The van der Waals surface area contributed by atoms with Crippen LogP contribution in [0.25, 0.3) is 10.6 Å². The van der Waals surface area contributed by atoms with E-state index in [1.165, 1.54) is 16.9 Å². The summed E-state index contributed by atoms with van der Waals surface area (Å²) in [7, 11) is 0. The molecule has 2 rings (SSSR count). The van der Waals surface area contributed by atoms with Gasteiger partial charge in [-0.2, -0.15) is 0 Å². The lowest BCUT2D eigenvalue weighted by molar-refractivity contribution is -0.143. The van der Waals surface area contributed by atoms with Gasteiger partial charge in [0, 0.05) is 10.9 Å². The largest absolute Gasteiger partial charge is 0.480 e. The molecule has 0 saturated heterocycles. The Hall–Kier alpha value is -2.21. The van der Waals surface area contributed by atoms with Gasteiger partial charge in [0.25, 0.3) is 0 Å². The van der Waals surface area contributed by atoms with Gasteiger partial charge in [-0.05, 0) is 12.8 Å². The average Bonchev–Trinajstić information content (AvgIpc) is 2.93. The number of amides is 1. The summed E-state index contributed by atoms with van der Waals surface area (Å²) in [6.07, 6.45) is 0.0822. The first-order valence-electron chi connectivity index (χ1n) is 7.40. The molecule has 1 amide bonds. The summed E-state index contributed by atoms with van der Waals surface area (Å²) in [4.78, 5) is 27.6. The molecule has 0 aliphatic rings. The van der Waals surface area contributed by atoms with E-state index in [2.05, 4.69) is 10.3 Å². The molecule has 0 saturated carbocycles. The van der Waals surface area contributed by atoms with Gasteiger partial charge < -0.3 is 10.4 Å². The SMILES string of the molecule is Cc1ccc(-c2nc(CC(=O)N[C@H](C(=O)O)C(C)C)cs2)cc1. The second-order valence-electron chi connectivity index (χ2n) is 5.81. The molecule has 0 aliphatic carbocycles. The van der Waals surface area contributed by atoms with E-state index in [0.717, 1.165) is 10.6 Å². The molecule has 0 radical (unpaired) electrons. The molecule has 0 aliphatic heterocycles. The molecule has 2 aromatic rings. The Morgan fingerprint density at radius 2 is 1.91 bits per heavy atom. The van der Waals surface area contributed by atoms with E-state index < -0.39 is 12.0 Å². The molecule has 5 nitrogen and oxygen atoms in total. The van der Waals surface area contributed by atoms with E-state index >= 15 is 0 Å². The van der Waals surface area contributed by atoms with Crippen molar-refractivity contribution in [3.05, 3.63) is 40.9 Å². The van der Waals surface area contributed by atoms with Gasteiger partial charge in [-0.1, -0.05) is 43.7 Å². The van der Waals surface area contributed by atoms with Gasteiger partial charge in [0.2, 0.25) is 5.91 Å². The quantitative estimate of drug-likeness (QED) is 0.852. The van der Waals surface area contributed by atoms with Crippen molar-refractivity contribution in [2.45, 2.75) is 33.2 Å². The van der Waals surface area contributed by atoms with E-state index in [4.69, 9.17) is 5.11 Å². The number of nitrogens with one attached hydrogen (secondary N) is 1. The lowest BCUT2D eigenvalue weighted by Crippen LogP contribution is -2.44. The number of hydrogen-bond donors (Lipinski definition) is 2. The highest BCUT2D eigenvalue weighted by Crippen LogP contribution is 2.24. The van der Waals surface area contributed by atoms with Crippen LogP contribution in [0.1, 0.15) is 25.1 Å². The highest BCUT2D eigenvalue weighted by Gasteiger charge is 2.23. The highest BCUT2D eigenvalue weighted by atomic mass is 32.1. The Kier molecular flexibility index (Phi) is 5.50. The molecule has 122 valence electrons. The Balaban J connectivity index is 2.02. The minimum absolute atomic E-state index is 0.0822. The van der Waals surface area contributed by atoms with Crippen molar-refractivity contribution in [1.82, 2.24) is 10.3 Å². The maximum atomic E-state index is 12.0. The molecule has 0 spiro atoms. The summed E-state index contributed by atoms with van der Waals surface area (Å²) in [5, 5.41) is 14.3. The average molecular weight is 332 g/mol. The van der Waals surface area contributed by atoms with Gasteiger partial charge in [0.15, 0.2) is 0 Å². The zero-order chi connectivity index (χ0) is 17.0. The Labute approximate surface area is 139 Å². The van der Waals surface area contributed by atoms with Crippen LogP contribution in [0.4, 0.5) is 0 Å². The van der Waals surface area contributed by atoms with Crippen LogP contribution in [0.5, 0.6) is 0 Å². The molecular formula is C17H20N2O3S. The Bertz CT molecular complexity index is 692. The minimum atomic E-state index is -1.02. The smallest absolute Gasteiger partial charge is 0.326 e. The topological polar surface area (TPSA) is 79.3 Å². The first-order valence-corrected chi connectivity index (χ1v) is 8.28. The second kappa shape index (κ2) is 7.37. The molecular weight excluding hydrogens is 312 g/mol. The summed E-state index contributed by atoms with van der Waals surface area (Å²) in [6.45, 7) is 5.55. The maximum Gasteiger partial charge on any atom is 0.326 e. The van der Waals surface area contributed by atoms with Crippen molar-refractivity contribution in [3.8, 4) is 10.6 Å². The number of thiazole rings is 1. The predicted molar refractivity (Wildman–Crippen MR) is 90.4 cm³/mol. The van der Waals surface area contributed by atoms with E-state index in [-0.39, 0.29) is 18.2 Å². The number of benzene rings is 1. The summed E-state index contributed by atoms with van der Waals surface area (Å²) in [5.74, 6) is -1.52. The molecule has 6 heteroatoms. The van der Waals surface area contributed by atoms with Crippen LogP contribution in [0.3, 0.4) is 0 Å². The van der Waals surface area contributed by atoms with Crippen LogP contribution in [0, 0.1) is 12.8 Å². The fourth-order valence-corrected chi connectivity index (χ4v) is 2.95. The molecule has 1 atom stereocenters. The third-order valence-corrected chi connectivity index (χ3v) is 4.38. The van der Waals surface area contributed by atoms with Crippen LogP contribution >= 0.6 is 11.3 Å². The van der Waals surface area contributed by atoms with Crippen LogP contribution in [-0.2, 0) is 16.0 Å². The molecule has 0 fully saturated rings. The number of nitrogens with zero attached hydrogens (tertiary/aromatic N) is 1. The number of carbonyl (C=O) groups excluding carboxylic acids is 1. The van der Waals surface area contributed by atoms with Gasteiger partial charge in [0.1, 0.15) is 11.0 Å². The fraction of sp³-hybridized carbons (Fsp3) is 0.353. The number of aryl methyl sites for hydroxylation is 1. The van der Waals surface area contributed by atoms with E-state index in [9.17, 15) is 9.59 Å². The van der Waals surface area contributed by atoms with E-state index in [0.29, 0.717) is 5.69 Å². The normalized spacial score (nSPS) is 12.2. The second-order valence-corrected chi connectivity index (χ2v) is 6.67. The Morgan fingerprint density at radius 3 is 2.48 bits per heavy atom. The summed E-state index contributed by atoms with van der Waals surface area (Å²) in [5.41, 5.74) is 2.84. The summed E-state index contributed by atoms with van der Waals surface area (Å²) < 4.78 is 0. The lowest BCUT2D eigenvalue weighted by atomic mass is 10.0. The fourth-order valence-electron chi connectivity index (χ4n) is 2.12. The van der Waals surface area contributed by atoms with Crippen LogP contribution in [0.2, 0.25) is 0 Å². The number of aliphatic carboxylic acids is 1. The number of rotatable bonds is 6. The number of carboxylic acid groups (broad SMARTS) is 1. The monoisotopic (exact) mass is 332 g/mol. The molecule has 23 heavy (non-hydrogen) atoms. The van der Waals surface area contributed by atoms with Gasteiger partial charge in [-0.15, -0.1) is 11.3 Å². The number of hydrogen-bond acceptors (Lipinski definition) is 4. The third kappa shape index (κ3) is 4.63. The van der Waals surface area contributed by atoms with Crippen LogP contribution in [0.15, 0.2) is 29.6 Å². The molecule has 1 aromatic heterocycles. The first kappa shape index (κ1) is 17.1. The van der Waals surface area contributed by atoms with Crippen molar-refractivity contribution in [2.24, 2.45) is 5.92 Å². The highest BCUT2D eigenvalue weighted by molar-refractivity contribution is 7.13. The number of aromatic nitrogens is 1. The van der Waals surface area contributed by atoms with Crippen molar-refractivity contribution in [1.29, 1.82) is 0 Å². The van der Waals surface area contributed by atoms with Crippen molar-refractivity contribution >= 4 is 23.2 Å². The minimum Gasteiger partial charge on any atom is -0.480 e. The van der Waals surface area contributed by atoms with Gasteiger partial charge in [-0.3, -0.25) is 4.79 Å². The van der Waals surface area contributed by atoms with Crippen LogP contribution in [-0.4, -0.2) is 28.0 Å². The Morgan fingerprint density at radius 1 is 1.26 bits per heavy atom. The first-order chi connectivity index (χ1) is 10.9. The van der Waals surface area contributed by atoms with Gasteiger partial charge in [0.05, 0.1) is 12.1 Å². The van der Waals surface area contributed by atoms with Gasteiger partial charge in [-0.25, -0.2) is 9.78 Å². The lowest BCUT2D eigenvalue weighted by Gasteiger charge is -2.17. The number of carboxylic acids is 1. The van der Waals surface area contributed by atoms with E-state index in [1.54, 1.807) is 13.8 Å². The molecule has 0 bridgehead atoms. The zero-order valence-corrected chi connectivity index (χ0v) is 14.2. The maximum absolute atomic E-state index is 12.0. The molecule has 1 heterocycles. The van der Waals surface area contributed by atoms with Crippen LogP contribution < -0.4 is 5.32 Å². The molecule has 1 aromatic carbocycles.